The molecular weight excluding hydrogens is 274 g/mol. The van der Waals surface area contributed by atoms with Crippen LogP contribution < -0.4 is 4.74 Å². The van der Waals surface area contributed by atoms with Crippen molar-refractivity contribution in [3.05, 3.63) is 48.8 Å². The van der Waals surface area contributed by atoms with Gasteiger partial charge in [-0.15, -0.1) is 16.8 Å². The van der Waals surface area contributed by atoms with E-state index in [-0.39, 0.29) is 11.5 Å². The van der Waals surface area contributed by atoms with Gasteiger partial charge in [0.05, 0.1) is 18.4 Å². The Labute approximate surface area is 121 Å². The zero-order chi connectivity index (χ0) is 14.4. The quantitative estimate of drug-likeness (QED) is 0.445. The van der Waals surface area contributed by atoms with Gasteiger partial charge < -0.3 is 9.30 Å². The molecule has 0 fully saturated rings. The lowest BCUT2D eigenvalue weighted by molar-refractivity contribution is 0.101. The summed E-state index contributed by atoms with van der Waals surface area (Å²) in [7, 11) is 1.56. The van der Waals surface area contributed by atoms with E-state index < -0.39 is 0 Å². The number of hydrogen-bond donors (Lipinski definition) is 0. The number of methoxy groups -OCH3 is 1. The third-order valence-corrected chi connectivity index (χ3v) is 3.63. The van der Waals surface area contributed by atoms with Crippen molar-refractivity contribution in [2.45, 2.75) is 11.7 Å². The van der Waals surface area contributed by atoms with E-state index in [4.69, 9.17) is 4.74 Å². The molecule has 20 heavy (non-hydrogen) atoms. The van der Waals surface area contributed by atoms with Crippen LogP contribution in [-0.2, 0) is 6.54 Å². The van der Waals surface area contributed by atoms with Gasteiger partial charge in [0.15, 0.2) is 10.9 Å². The molecule has 0 atom stereocenters. The Morgan fingerprint density at radius 1 is 1.50 bits per heavy atom. The Morgan fingerprint density at radius 2 is 2.30 bits per heavy atom. The number of benzene rings is 1. The van der Waals surface area contributed by atoms with Crippen molar-refractivity contribution in [3.63, 3.8) is 0 Å². The van der Waals surface area contributed by atoms with Gasteiger partial charge in [-0.3, -0.25) is 4.79 Å². The predicted molar refractivity (Wildman–Crippen MR) is 78.3 cm³/mol. The predicted octanol–water partition coefficient (Wildman–Crippen LogP) is 2.45. The number of allylic oxidation sites excluding steroid dienone is 1. The molecule has 1 aromatic carbocycles. The Kier molecular flexibility index (Phi) is 4.95. The topological polar surface area (TPSA) is 57.0 Å². The first-order valence-electron chi connectivity index (χ1n) is 6.04. The average Bonchev–Trinajstić information content (AvgIpc) is 2.92. The minimum absolute atomic E-state index is 0.000558. The molecule has 104 valence electrons. The molecule has 0 amide bonds. The summed E-state index contributed by atoms with van der Waals surface area (Å²) in [5, 5.41) is 8.52. The van der Waals surface area contributed by atoms with Crippen LogP contribution in [-0.4, -0.2) is 33.4 Å². The van der Waals surface area contributed by atoms with Crippen LogP contribution in [0, 0.1) is 0 Å². The molecule has 6 heteroatoms. The second kappa shape index (κ2) is 6.91. The number of carbonyl (C=O) groups is 1. The second-order valence-corrected chi connectivity index (χ2v) is 4.91. The van der Waals surface area contributed by atoms with Crippen molar-refractivity contribution in [2.75, 3.05) is 12.9 Å². The molecule has 0 saturated carbocycles. The standard InChI is InChI=1S/C14H15N3O2S/c1-3-8-17-10-15-16-14(17)20-9-12(18)11-6-4-5-7-13(11)19-2/h3-7,10H,1,8-9H2,2H3. The lowest BCUT2D eigenvalue weighted by atomic mass is 10.1. The van der Waals surface area contributed by atoms with E-state index in [9.17, 15) is 4.79 Å². The van der Waals surface area contributed by atoms with Crippen LogP contribution >= 0.6 is 11.8 Å². The molecule has 0 radical (unpaired) electrons. The summed E-state index contributed by atoms with van der Waals surface area (Å²) >= 11 is 1.35. The van der Waals surface area contributed by atoms with Crippen LogP contribution in [0.1, 0.15) is 10.4 Å². The number of nitrogens with zero attached hydrogens (tertiary/aromatic N) is 3. The number of ketones is 1. The third kappa shape index (κ3) is 3.27. The first-order chi connectivity index (χ1) is 9.76. The van der Waals surface area contributed by atoms with Crippen molar-refractivity contribution >= 4 is 17.5 Å². The summed E-state index contributed by atoms with van der Waals surface area (Å²) < 4.78 is 7.03. The number of ether oxygens (including phenoxy) is 1. The molecule has 0 spiro atoms. The van der Waals surface area contributed by atoms with Crippen LogP contribution in [0.25, 0.3) is 0 Å². The minimum Gasteiger partial charge on any atom is -0.496 e. The summed E-state index contributed by atoms with van der Waals surface area (Å²) in [5.74, 6) is 0.877. The molecule has 1 heterocycles. The Balaban J connectivity index is 2.05. The lowest BCUT2D eigenvalue weighted by Gasteiger charge is -2.07. The zero-order valence-corrected chi connectivity index (χ0v) is 12.0. The lowest BCUT2D eigenvalue weighted by Crippen LogP contribution is -2.06. The van der Waals surface area contributed by atoms with Gasteiger partial charge in [0, 0.05) is 6.54 Å². The van der Waals surface area contributed by atoms with Crippen LogP contribution in [0.4, 0.5) is 0 Å². The molecule has 0 unspecified atom stereocenters. The maximum absolute atomic E-state index is 12.2. The van der Waals surface area contributed by atoms with Gasteiger partial charge in [0.2, 0.25) is 0 Å². The minimum atomic E-state index is 0.000558. The molecule has 1 aromatic heterocycles. The fraction of sp³-hybridized carbons (Fsp3) is 0.214. The highest BCUT2D eigenvalue weighted by molar-refractivity contribution is 7.99. The van der Waals surface area contributed by atoms with Crippen LogP contribution in [0.3, 0.4) is 0 Å². The van der Waals surface area contributed by atoms with Gasteiger partial charge in [0.1, 0.15) is 12.1 Å². The first-order valence-corrected chi connectivity index (χ1v) is 7.02. The Morgan fingerprint density at radius 3 is 3.05 bits per heavy atom. The number of carbonyl (C=O) groups excluding carboxylic acids is 1. The molecular formula is C14H15N3O2S. The highest BCUT2D eigenvalue weighted by Gasteiger charge is 2.13. The Bertz CT molecular complexity index is 610. The van der Waals surface area contributed by atoms with E-state index in [2.05, 4.69) is 16.8 Å². The van der Waals surface area contributed by atoms with Crippen molar-refractivity contribution < 1.29 is 9.53 Å². The molecule has 0 saturated heterocycles. The monoisotopic (exact) mass is 289 g/mol. The van der Waals surface area contributed by atoms with E-state index in [1.165, 1.54) is 11.8 Å². The van der Waals surface area contributed by atoms with Gasteiger partial charge in [-0.1, -0.05) is 30.0 Å². The van der Waals surface area contributed by atoms with E-state index >= 15 is 0 Å². The highest BCUT2D eigenvalue weighted by atomic mass is 32.2. The maximum atomic E-state index is 12.2. The fourth-order valence-electron chi connectivity index (χ4n) is 1.70. The summed E-state index contributed by atoms with van der Waals surface area (Å²) in [6, 6.07) is 7.19. The largest absolute Gasteiger partial charge is 0.496 e. The smallest absolute Gasteiger partial charge is 0.191 e. The third-order valence-electron chi connectivity index (χ3n) is 2.65. The van der Waals surface area contributed by atoms with Gasteiger partial charge >= 0.3 is 0 Å². The normalized spacial score (nSPS) is 10.2. The summed E-state index contributed by atoms with van der Waals surface area (Å²) in [6.45, 7) is 4.30. The fourth-order valence-corrected chi connectivity index (χ4v) is 2.51. The number of thioether (sulfide) groups is 1. The molecule has 0 aliphatic rings. The van der Waals surface area contributed by atoms with Crippen molar-refractivity contribution in [3.8, 4) is 5.75 Å². The number of hydrogen-bond acceptors (Lipinski definition) is 5. The van der Waals surface area contributed by atoms with Crippen LogP contribution in [0.5, 0.6) is 5.75 Å². The number of Topliss-reactive ketones (excluding diaryl/α,β-unsaturated/α-hetero) is 1. The van der Waals surface area contributed by atoms with Crippen molar-refractivity contribution in [1.29, 1.82) is 0 Å². The molecule has 2 aromatic rings. The van der Waals surface area contributed by atoms with Gasteiger partial charge in [-0.25, -0.2) is 0 Å². The molecule has 0 N–H and O–H groups in total. The van der Waals surface area contributed by atoms with Crippen LogP contribution in [0.2, 0.25) is 0 Å². The van der Waals surface area contributed by atoms with Crippen molar-refractivity contribution in [2.24, 2.45) is 0 Å². The van der Waals surface area contributed by atoms with Gasteiger partial charge in [-0.05, 0) is 12.1 Å². The summed E-state index contributed by atoms with van der Waals surface area (Å²) in [5.41, 5.74) is 0.581. The summed E-state index contributed by atoms with van der Waals surface area (Å²) in [6.07, 6.45) is 3.38. The molecule has 0 aliphatic heterocycles. The number of para-hydroxylation sites is 1. The zero-order valence-electron chi connectivity index (χ0n) is 11.2. The average molecular weight is 289 g/mol. The molecule has 0 bridgehead atoms. The molecule has 2 rings (SSSR count). The SMILES string of the molecule is C=CCn1cnnc1SCC(=O)c1ccccc1OC. The van der Waals surface area contributed by atoms with Crippen molar-refractivity contribution in [1.82, 2.24) is 14.8 Å². The van der Waals surface area contributed by atoms with Crippen LogP contribution in [0.15, 0.2) is 48.4 Å². The first kappa shape index (κ1) is 14.3. The van der Waals surface area contributed by atoms with Gasteiger partial charge in [-0.2, -0.15) is 0 Å². The highest BCUT2D eigenvalue weighted by Crippen LogP contribution is 2.22. The maximum Gasteiger partial charge on any atom is 0.191 e. The summed E-state index contributed by atoms with van der Waals surface area (Å²) in [4.78, 5) is 12.2. The van der Waals surface area contributed by atoms with E-state index in [0.29, 0.717) is 23.0 Å². The molecule has 0 aliphatic carbocycles. The van der Waals surface area contributed by atoms with E-state index in [1.807, 2.05) is 16.7 Å². The number of rotatable bonds is 7. The second-order valence-electron chi connectivity index (χ2n) is 3.97. The number of aromatic nitrogens is 3. The van der Waals surface area contributed by atoms with Gasteiger partial charge in [0.25, 0.3) is 0 Å². The van der Waals surface area contributed by atoms with E-state index in [0.717, 1.165) is 0 Å². The Hall–Kier alpha value is -2.08. The molecule has 5 nitrogen and oxygen atoms in total. The van der Waals surface area contributed by atoms with E-state index in [1.54, 1.807) is 31.6 Å².